The van der Waals surface area contributed by atoms with Gasteiger partial charge in [-0.25, -0.2) is 0 Å². The van der Waals surface area contributed by atoms with Crippen molar-refractivity contribution < 1.29 is 5.11 Å². The molecule has 0 aliphatic carbocycles. The van der Waals surface area contributed by atoms with Crippen molar-refractivity contribution in [1.82, 2.24) is 0 Å². The molecule has 0 bridgehead atoms. The summed E-state index contributed by atoms with van der Waals surface area (Å²) in [5.74, 6) is 0. The Labute approximate surface area is 93.6 Å². The van der Waals surface area contributed by atoms with Gasteiger partial charge >= 0.3 is 0 Å². The Morgan fingerprint density at radius 2 is 2.00 bits per heavy atom. The van der Waals surface area contributed by atoms with E-state index in [1.807, 2.05) is 6.07 Å². The van der Waals surface area contributed by atoms with Gasteiger partial charge in [0.1, 0.15) is 0 Å². The Bertz CT molecular complexity index is 304. The lowest BCUT2D eigenvalue weighted by Crippen LogP contribution is -2.10. The summed E-state index contributed by atoms with van der Waals surface area (Å²) in [5, 5.41) is 9.71. The average molecular weight is 234 g/mol. The monoisotopic (exact) mass is 233 g/mol. The van der Waals surface area contributed by atoms with E-state index in [1.165, 1.54) is 0 Å². The number of halogens is 2. The van der Waals surface area contributed by atoms with Crippen molar-refractivity contribution in [1.29, 1.82) is 0 Å². The molecule has 0 amide bonds. The quantitative estimate of drug-likeness (QED) is 0.841. The lowest BCUT2D eigenvalue weighted by atomic mass is 10.0. The van der Waals surface area contributed by atoms with Crippen molar-refractivity contribution in [3.05, 3.63) is 33.8 Å². The molecule has 0 fully saturated rings. The summed E-state index contributed by atoms with van der Waals surface area (Å²) in [6.07, 6.45) is 1.44. The molecular weight excluding hydrogens is 221 g/mol. The lowest BCUT2D eigenvalue weighted by Gasteiger charge is -2.11. The summed E-state index contributed by atoms with van der Waals surface area (Å²) in [6, 6.07) is 5.28. The van der Waals surface area contributed by atoms with Crippen LogP contribution in [0.3, 0.4) is 0 Å². The van der Waals surface area contributed by atoms with Crippen molar-refractivity contribution in [3.63, 3.8) is 0 Å². The predicted molar refractivity (Wildman–Crippen MR) is 59.7 cm³/mol. The predicted octanol–water partition coefficient (Wildman–Crippen LogP) is 2.77. The van der Waals surface area contributed by atoms with E-state index in [1.54, 1.807) is 12.1 Å². The molecule has 0 spiro atoms. The number of nitrogens with two attached hydrogens (primary N) is 1. The molecule has 1 aromatic carbocycles. The highest BCUT2D eigenvalue weighted by molar-refractivity contribution is 6.42. The molecule has 0 aliphatic rings. The zero-order chi connectivity index (χ0) is 10.6. The van der Waals surface area contributed by atoms with Crippen LogP contribution < -0.4 is 5.73 Å². The highest BCUT2D eigenvalue weighted by atomic mass is 35.5. The molecule has 0 unspecified atom stereocenters. The van der Waals surface area contributed by atoms with Crippen LogP contribution in [0.2, 0.25) is 10.0 Å². The maximum atomic E-state index is 8.66. The second kappa shape index (κ2) is 5.56. The minimum Gasteiger partial charge on any atom is -0.396 e. The number of aliphatic hydroxyl groups is 1. The summed E-state index contributed by atoms with van der Waals surface area (Å²) in [7, 11) is 0. The summed E-state index contributed by atoms with van der Waals surface area (Å²) < 4.78 is 0. The first-order valence-corrected chi connectivity index (χ1v) is 5.22. The summed E-state index contributed by atoms with van der Waals surface area (Å²) in [5.41, 5.74) is 6.84. The fourth-order valence-electron chi connectivity index (χ4n) is 1.22. The Hall–Kier alpha value is -0.280. The number of aliphatic hydroxyl groups excluding tert-OH is 1. The van der Waals surface area contributed by atoms with Gasteiger partial charge < -0.3 is 10.8 Å². The maximum Gasteiger partial charge on any atom is 0.0595 e. The zero-order valence-electron chi connectivity index (χ0n) is 7.71. The molecule has 4 heteroatoms. The van der Waals surface area contributed by atoms with E-state index >= 15 is 0 Å². The molecule has 0 aromatic heterocycles. The van der Waals surface area contributed by atoms with Gasteiger partial charge in [-0.3, -0.25) is 0 Å². The molecule has 1 atom stereocenters. The highest BCUT2D eigenvalue weighted by Crippen LogP contribution is 2.26. The Morgan fingerprint density at radius 1 is 1.29 bits per heavy atom. The van der Waals surface area contributed by atoms with Gasteiger partial charge in [-0.15, -0.1) is 0 Å². The molecule has 0 radical (unpaired) electrons. The summed E-state index contributed by atoms with van der Waals surface area (Å²) in [4.78, 5) is 0. The first kappa shape index (κ1) is 11.8. The van der Waals surface area contributed by atoms with Crippen molar-refractivity contribution in [2.45, 2.75) is 18.9 Å². The molecule has 1 rings (SSSR count). The van der Waals surface area contributed by atoms with Crippen LogP contribution in [0.5, 0.6) is 0 Å². The molecule has 0 heterocycles. The first-order chi connectivity index (χ1) is 6.65. The molecule has 2 nitrogen and oxygen atoms in total. The van der Waals surface area contributed by atoms with Crippen LogP contribution in [0.4, 0.5) is 0 Å². The Balaban J connectivity index is 2.70. The van der Waals surface area contributed by atoms with Crippen LogP contribution >= 0.6 is 23.2 Å². The van der Waals surface area contributed by atoms with Crippen LogP contribution in [0.25, 0.3) is 0 Å². The molecule has 0 saturated carbocycles. The minimum absolute atomic E-state index is 0.0862. The molecular formula is C10H13Cl2NO. The zero-order valence-corrected chi connectivity index (χ0v) is 9.22. The van der Waals surface area contributed by atoms with Crippen LogP contribution in [0.15, 0.2) is 18.2 Å². The molecule has 0 saturated heterocycles. The second-order valence-electron chi connectivity index (χ2n) is 3.15. The largest absolute Gasteiger partial charge is 0.396 e. The van der Waals surface area contributed by atoms with Gasteiger partial charge in [0.05, 0.1) is 10.0 Å². The number of hydrogen-bond donors (Lipinski definition) is 2. The van der Waals surface area contributed by atoms with Crippen LogP contribution in [-0.2, 0) is 0 Å². The van der Waals surface area contributed by atoms with E-state index in [4.69, 9.17) is 34.0 Å². The van der Waals surface area contributed by atoms with Crippen molar-refractivity contribution in [2.24, 2.45) is 5.73 Å². The van der Waals surface area contributed by atoms with Gasteiger partial charge in [-0.2, -0.15) is 0 Å². The summed E-state index contributed by atoms with van der Waals surface area (Å²) >= 11 is 11.6. The lowest BCUT2D eigenvalue weighted by molar-refractivity contribution is 0.280. The van der Waals surface area contributed by atoms with E-state index < -0.39 is 0 Å². The standard InChI is InChI=1S/C10H13Cl2NO/c11-8-4-3-7(6-9(8)12)10(13)2-1-5-14/h3-4,6,10,14H,1-2,5,13H2/t10-/m0/s1. The van der Waals surface area contributed by atoms with E-state index in [9.17, 15) is 0 Å². The maximum absolute atomic E-state index is 8.66. The number of hydrogen-bond acceptors (Lipinski definition) is 2. The fraction of sp³-hybridized carbons (Fsp3) is 0.400. The van der Waals surface area contributed by atoms with E-state index in [0.29, 0.717) is 16.5 Å². The van der Waals surface area contributed by atoms with Crippen LogP contribution in [0.1, 0.15) is 24.4 Å². The van der Waals surface area contributed by atoms with Gasteiger partial charge in [0.15, 0.2) is 0 Å². The second-order valence-corrected chi connectivity index (χ2v) is 3.96. The Morgan fingerprint density at radius 3 is 2.57 bits per heavy atom. The topological polar surface area (TPSA) is 46.2 Å². The molecule has 78 valence electrons. The third-order valence-corrected chi connectivity index (χ3v) is 2.78. The third kappa shape index (κ3) is 3.14. The first-order valence-electron chi connectivity index (χ1n) is 4.46. The van der Waals surface area contributed by atoms with Crippen molar-refractivity contribution in [3.8, 4) is 0 Å². The normalized spacial score (nSPS) is 12.9. The average Bonchev–Trinajstić information content (AvgIpc) is 2.18. The van der Waals surface area contributed by atoms with E-state index in [-0.39, 0.29) is 12.6 Å². The van der Waals surface area contributed by atoms with Gasteiger partial charge in [-0.05, 0) is 30.5 Å². The van der Waals surface area contributed by atoms with E-state index in [0.717, 1.165) is 12.0 Å². The van der Waals surface area contributed by atoms with Gasteiger partial charge in [-0.1, -0.05) is 29.3 Å². The minimum atomic E-state index is -0.0862. The van der Waals surface area contributed by atoms with E-state index in [2.05, 4.69) is 0 Å². The molecule has 14 heavy (non-hydrogen) atoms. The molecule has 0 aliphatic heterocycles. The third-order valence-electron chi connectivity index (χ3n) is 2.05. The number of rotatable bonds is 4. The van der Waals surface area contributed by atoms with Gasteiger partial charge in [0, 0.05) is 12.6 Å². The van der Waals surface area contributed by atoms with Crippen molar-refractivity contribution >= 4 is 23.2 Å². The van der Waals surface area contributed by atoms with Crippen molar-refractivity contribution in [2.75, 3.05) is 6.61 Å². The van der Waals surface area contributed by atoms with Crippen LogP contribution in [0, 0.1) is 0 Å². The molecule has 3 N–H and O–H groups in total. The highest BCUT2D eigenvalue weighted by Gasteiger charge is 2.07. The fourth-order valence-corrected chi connectivity index (χ4v) is 1.53. The number of benzene rings is 1. The SMILES string of the molecule is N[C@@H](CCCO)c1ccc(Cl)c(Cl)c1. The van der Waals surface area contributed by atoms with Gasteiger partial charge in [0.2, 0.25) is 0 Å². The molecule has 1 aromatic rings. The smallest absolute Gasteiger partial charge is 0.0595 e. The summed E-state index contributed by atoms with van der Waals surface area (Å²) in [6.45, 7) is 0.162. The van der Waals surface area contributed by atoms with Crippen LogP contribution in [-0.4, -0.2) is 11.7 Å². The Kier molecular flexibility index (Phi) is 4.69. The van der Waals surface area contributed by atoms with Gasteiger partial charge in [0.25, 0.3) is 0 Å².